The molecule has 2 aliphatic heterocycles. The van der Waals surface area contributed by atoms with E-state index in [1.165, 1.54) is 29.6 Å². The van der Waals surface area contributed by atoms with Gasteiger partial charge in [0.15, 0.2) is 11.5 Å². The standard InChI is InChI=1S/C22H23ClN2O6S/c1-29-18-7-6-16(13-20(18)32(27,28)25-9-3-2-4-10-25)24-21(26)8-5-15-11-17(23)22-19(12-15)30-14-31-22/h5-8,11-13H,2-4,9-10,14H2,1H3,(H,24,26)/b8-5+. The van der Waals surface area contributed by atoms with Crippen LogP contribution in [0.1, 0.15) is 24.8 Å². The quantitative estimate of drug-likeness (QED) is 0.633. The van der Waals surface area contributed by atoms with E-state index in [1.807, 2.05) is 0 Å². The van der Waals surface area contributed by atoms with E-state index in [2.05, 4.69) is 5.32 Å². The van der Waals surface area contributed by atoms with Gasteiger partial charge in [0.2, 0.25) is 22.7 Å². The monoisotopic (exact) mass is 478 g/mol. The number of methoxy groups -OCH3 is 1. The first-order valence-electron chi connectivity index (χ1n) is 10.1. The fraction of sp³-hybridized carbons (Fsp3) is 0.318. The molecule has 1 amide bonds. The number of hydrogen-bond donors (Lipinski definition) is 1. The topological polar surface area (TPSA) is 94.2 Å². The highest BCUT2D eigenvalue weighted by Gasteiger charge is 2.29. The van der Waals surface area contributed by atoms with Gasteiger partial charge in [0, 0.05) is 24.9 Å². The molecular weight excluding hydrogens is 456 g/mol. The highest BCUT2D eigenvalue weighted by Crippen LogP contribution is 2.40. The van der Waals surface area contributed by atoms with Crippen LogP contribution in [0.2, 0.25) is 5.02 Å². The Labute approximate surface area is 191 Å². The summed E-state index contributed by atoms with van der Waals surface area (Å²) >= 11 is 6.16. The zero-order valence-corrected chi connectivity index (χ0v) is 19.0. The molecular formula is C22H23ClN2O6S. The van der Waals surface area contributed by atoms with Crippen molar-refractivity contribution in [2.75, 3.05) is 32.3 Å². The summed E-state index contributed by atoms with van der Waals surface area (Å²) in [5.41, 5.74) is 1.01. The van der Waals surface area contributed by atoms with Crippen LogP contribution in [0.25, 0.3) is 6.08 Å². The van der Waals surface area contributed by atoms with Crippen LogP contribution in [-0.2, 0) is 14.8 Å². The third kappa shape index (κ3) is 4.69. The Balaban J connectivity index is 1.52. The average Bonchev–Trinajstić information content (AvgIpc) is 3.28. The molecule has 0 radical (unpaired) electrons. The molecule has 2 heterocycles. The zero-order chi connectivity index (χ0) is 22.7. The Morgan fingerprint density at radius 2 is 1.94 bits per heavy atom. The summed E-state index contributed by atoms with van der Waals surface area (Å²) in [4.78, 5) is 12.5. The van der Waals surface area contributed by atoms with E-state index in [4.69, 9.17) is 25.8 Å². The second-order valence-electron chi connectivity index (χ2n) is 7.39. The lowest BCUT2D eigenvalue weighted by Gasteiger charge is -2.26. The van der Waals surface area contributed by atoms with Crippen LogP contribution < -0.4 is 19.5 Å². The molecule has 4 rings (SSSR count). The van der Waals surface area contributed by atoms with Gasteiger partial charge in [-0.1, -0.05) is 18.0 Å². The summed E-state index contributed by atoms with van der Waals surface area (Å²) in [6.07, 6.45) is 5.58. The summed E-state index contributed by atoms with van der Waals surface area (Å²) in [5, 5.41) is 3.08. The van der Waals surface area contributed by atoms with Gasteiger partial charge in [0.1, 0.15) is 10.6 Å². The highest BCUT2D eigenvalue weighted by atomic mass is 35.5. The average molecular weight is 479 g/mol. The van der Waals surface area contributed by atoms with Crippen molar-refractivity contribution in [1.82, 2.24) is 4.31 Å². The van der Waals surface area contributed by atoms with Crippen molar-refractivity contribution < 1.29 is 27.4 Å². The maximum atomic E-state index is 13.1. The molecule has 0 saturated carbocycles. The number of fused-ring (bicyclic) bond motifs is 1. The fourth-order valence-corrected chi connectivity index (χ4v) is 5.61. The van der Waals surface area contributed by atoms with E-state index in [0.29, 0.717) is 40.9 Å². The van der Waals surface area contributed by atoms with Crippen LogP contribution in [0, 0.1) is 0 Å². The van der Waals surface area contributed by atoms with Gasteiger partial charge in [0.05, 0.1) is 12.1 Å². The van der Waals surface area contributed by atoms with Gasteiger partial charge in [-0.05, 0) is 54.8 Å². The molecule has 8 nitrogen and oxygen atoms in total. The summed E-state index contributed by atoms with van der Waals surface area (Å²) in [7, 11) is -2.31. The van der Waals surface area contributed by atoms with Crippen LogP contribution in [0.3, 0.4) is 0 Å². The Bertz CT molecular complexity index is 1160. The molecule has 0 bridgehead atoms. The number of carbonyl (C=O) groups is 1. The van der Waals surface area contributed by atoms with E-state index in [-0.39, 0.29) is 17.4 Å². The lowest BCUT2D eigenvalue weighted by molar-refractivity contribution is -0.111. The summed E-state index contributed by atoms with van der Waals surface area (Å²) in [6, 6.07) is 7.93. The number of carbonyl (C=O) groups excluding carboxylic acids is 1. The first kappa shape index (κ1) is 22.4. The second-order valence-corrected chi connectivity index (χ2v) is 9.70. The minimum Gasteiger partial charge on any atom is -0.495 e. The number of sulfonamides is 1. The van der Waals surface area contributed by atoms with Crippen molar-refractivity contribution in [3.05, 3.63) is 47.0 Å². The number of rotatable bonds is 6. The molecule has 0 atom stereocenters. The number of hydrogen-bond acceptors (Lipinski definition) is 6. The Hall–Kier alpha value is -2.75. The van der Waals surface area contributed by atoms with Crippen LogP contribution in [0.4, 0.5) is 5.69 Å². The van der Waals surface area contributed by atoms with Crippen LogP contribution in [0.15, 0.2) is 41.3 Å². The predicted molar refractivity (Wildman–Crippen MR) is 121 cm³/mol. The maximum absolute atomic E-state index is 13.1. The summed E-state index contributed by atoms with van der Waals surface area (Å²) < 4.78 is 43.6. The first-order chi connectivity index (χ1) is 15.4. The Morgan fingerprint density at radius 1 is 1.16 bits per heavy atom. The van der Waals surface area contributed by atoms with Crippen LogP contribution in [0.5, 0.6) is 17.2 Å². The van der Waals surface area contributed by atoms with E-state index >= 15 is 0 Å². The zero-order valence-electron chi connectivity index (χ0n) is 17.5. The summed E-state index contributed by atoms with van der Waals surface area (Å²) in [6.45, 7) is 1.05. The minimum atomic E-state index is -3.73. The normalized spacial score (nSPS) is 16.3. The van der Waals surface area contributed by atoms with Crippen molar-refractivity contribution in [2.45, 2.75) is 24.2 Å². The SMILES string of the molecule is COc1ccc(NC(=O)/C=C/c2cc(Cl)c3c(c2)OCO3)cc1S(=O)(=O)N1CCCCC1. The van der Waals surface area contributed by atoms with E-state index in [9.17, 15) is 13.2 Å². The molecule has 0 spiro atoms. The van der Waals surface area contributed by atoms with Gasteiger partial charge in [-0.25, -0.2) is 8.42 Å². The number of amides is 1. The van der Waals surface area contributed by atoms with E-state index < -0.39 is 15.9 Å². The molecule has 1 fully saturated rings. The number of nitrogens with zero attached hydrogens (tertiary/aromatic N) is 1. The van der Waals surface area contributed by atoms with Gasteiger partial charge in [-0.15, -0.1) is 0 Å². The molecule has 2 aromatic rings. The molecule has 10 heteroatoms. The van der Waals surface area contributed by atoms with E-state index in [1.54, 1.807) is 24.3 Å². The van der Waals surface area contributed by atoms with Crippen molar-refractivity contribution in [3.8, 4) is 17.2 Å². The smallest absolute Gasteiger partial charge is 0.248 e. The molecule has 1 saturated heterocycles. The molecule has 0 unspecified atom stereocenters. The lowest BCUT2D eigenvalue weighted by atomic mass is 10.2. The third-order valence-electron chi connectivity index (χ3n) is 5.24. The number of nitrogens with one attached hydrogen (secondary N) is 1. The molecule has 2 aliphatic rings. The fourth-order valence-electron chi connectivity index (χ4n) is 3.64. The maximum Gasteiger partial charge on any atom is 0.248 e. The number of anilines is 1. The lowest BCUT2D eigenvalue weighted by Crippen LogP contribution is -2.35. The molecule has 0 aliphatic carbocycles. The van der Waals surface area contributed by atoms with Gasteiger partial charge < -0.3 is 19.5 Å². The highest BCUT2D eigenvalue weighted by molar-refractivity contribution is 7.89. The van der Waals surface area contributed by atoms with Gasteiger partial charge in [-0.2, -0.15) is 4.31 Å². The Kier molecular flexibility index (Phi) is 6.59. The van der Waals surface area contributed by atoms with Gasteiger partial charge >= 0.3 is 0 Å². The largest absolute Gasteiger partial charge is 0.495 e. The van der Waals surface area contributed by atoms with Crippen molar-refractivity contribution in [3.63, 3.8) is 0 Å². The molecule has 0 aromatic heterocycles. The van der Waals surface area contributed by atoms with Crippen molar-refractivity contribution in [2.24, 2.45) is 0 Å². The van der Waals surface area contributed by atoms with Crippen LogP contribution in [-0.4, -0.2) is 45.6 Å². The summed E-state index contributed by atoms with van der Waals surface area (Å²) in [5.74, 6) is 0.804. The number of piperidine rings is 1. The molecule has 170 valence electrons. The van der Waals surface area contributed by atoms with Crippen molar-refractivity contribution >= 4 is 39.3 Å². The third-order valence-corrected chi connectivity index (χ3v) is 7.44. The first-order valence-corrected chi connectivity index (χ1v) is 12.0. The predicted octanol–water partition coefficient (Wildman–Crippen LogP) is 3.90. The number of halogens is 1. The molecule has 1 N–H and O–H groups in total. The van der Waals surface area contributed by atoms with Crippen LogP contribution >= 0.6 is 11.6 Å². The minimum absolute atomic E-state index is 0.0335. The van der Waals surface area contributed by atoms with E-state index in [0.717, 1.165) is 19.3 Å². The van der Waals surface area contributed by atoms with Crippen molar-refractivity contribution in [1.29, 1.82) is 0 Å². The van der Waals surface area contributed by atoms with Gasteiger partial charge in [0.25, 0.3) is 0 Å². The number of ether oxygens (including phenoxy) is 3. The molecule has 2 aromatic carbocycles. The number of benzene rings is 2. The molecule has 32 heavy (non-hydrogen) atoms. The van der Waals surface area contributed by atoms with Gasteiger partial charge in [-0.3, -0.25) is 4.79 Å². The Morgan fingerprint density at radius 3 is 2.69 bits per heavy atom. The second kappa shape index (κ2) is 9.40.